The number of esters is 1. The number of hydrogen-bond acceptors (Lipinski definition) is 2. The maximum atomic E-state index is 11.7. The molecular formula is C14H26O2. The Kier molecular flexibility index (Phi) is 6.51. The van der Waals surface area contributed by atoms with Crippen molar-refractivity contribution < 1.29 is 9.53 Å². The van der Waals surface area contributed by atoms with Crippen molar-refractivity contribution in [3.8, 4) is 0 Å². The fourth-order valence-corrected chi connectivity index (χ4v) is 2.32. The minimum atomic E-state index is 0.0587. The second-order valence-electron chi connectivity index (χ2n) is 5.18. The molecule has 0 heterocycles. The summed E-state index contributed by atoms with van der Waals surface area (Å²) in [6.45, 7) is 5.09. The second-order valence-corrected chi connectivity index (χ2v) is 5.18. The topological polar surface area (TPSA) is 26.3 Å². The minimum absolute atomic E-state index is 0.0587. The van der Waals surface area contributed by atoms with Crippen molar-refractivity contribution in [3.05, 3.63) is 0 Å². The molecule has 0 atom stereocenters. The molecule has 0 amide bonds. The highest BCUT2D eigenvalue weighted by Gasteiger charge is 2.25. The van der Waals surface area contributed by atoms with Crippen LogP contribution in [0.1, 0.15) is 65.2 Å². The molecule has 0 spiro atoms. The molecule has 1 saturated carbocycles. The van der Waals surface area contributed by atoms with Crippen LogP contribution in [0.4, 0.5) is 0 Å². The van der Waals surface area contributed by atoms with E-state index in [0.29, 0.717) is 6.61 Å². The van der Waals surface area contributed by atoms with Gasteiger partial charge in [0.05, 0.1) is 12.5 Å². The Morgan fingerprint density at radius 1 is 1.12 bits per heavy atom. The summed E-state index contributed by atoms with van der Waals surface area (Å²) in [5.74, 6) is 1.05. The van der Waals surface area contributed by atoms with Crippen LogP contribution >= 0.6 is 0 Å². The number of carbonyl (C=O) groups is 1. The summed E-state index contributed by atoms with van der Waals surface area (Å²) in [7, 11) is 0. The van der Waals surface area contributed by atoms with Crippen molar-refractivity contribution in [2.45, 2.75) is 65.2 Å². The highest BCUT2D eigenvalue weighted by atomic mass is 16.5. The van der Waals surface area contributed by atoms with Crippen molar-refractivity contribution in [3.63, 3.8) is 0 Å². The van der Waals surface area contributed by atoms with E-state index in [0.717, 1.165) is 25.2 Å². The van der Waals surface area contributed by atoms with Crippen molar-refractivity contribution in [2.24, 2.45) is 11.8 Å². The smallest absolute Gasteiger partial charge is 0.308 e. The van der Waals surface area contributed by atoms with Gasteiger partial charge in [0.15, 0.2) is 0 Å². The van der Waals surface area contributed by atoms with E-state index in [9.17, 15) is 4.79 Å². The zero-order chi connectivity index (χ0) is 11.8. The van der Waals surface area contributed by atoms with E-state index < -0.39 is 0 Å². The number of unbranched alkanes of at least 4 members (excludes halogenated alkanes) is 3. The zero-order valence-corrected chi connectivity index (χ0v) is 10.8. The zero-order valence-electron chi connectivity index (χ0n) is 10.8. The molecule has 2 heteroatoms. The Balaban J connectivity index is 2.06. The maximum Gasteiger partial charge on any atom is 0.308 e. The monoisotopic (exact) mass is 226 g/mol. The number of carbonyl (C=O) groups excluding carboxylic acids is 1. The molecule has 0 unspecified atom stereocenters. The van der Waals surface area contributed by atoms with Gasteiger partial charge in [0, 0.05) is 0 Å². The van der Waals surface area contributed by atoms with Gasteiger partial charge < -0.3 is 4.74 Å². The van der Waals surface area contributed by atoms with Crippen LogP contribution in [0.15, 0.2) is 0 Å². The summed E-state index contributed by atoms with van der Waals surface area (Å²) in [6.07, 6.45) is 9.15. The molecule has 0 saturated heterocycles. The van der Waals surface area contributed by atoms with E-state index in [2.05, 4.69) is 13.8 Å². The van der Waals surface area contributed by atoms with Gasteiger partial charge in [0.1, 0.15) is 0 Å². The quantitative estimate of drug-likeness (QED) is 0.506. The van der Waals surface area contributed by atoms with E-state index in [1.165, 1.54) is 32.1 Å². The van der Waals surface area contributed by atoms with E-state index >= 15 is 0 Å². The van der Waals surface area contributed by atoms with Gasteiger partial charge in [-0.05, 0) is 38.0 Å². The Labute approximate surface area is 99.8 Å². The van der Waals surface area contributed by atoms with E-state index in [-0.39, 0.29) is 11.9 Å². The Bertz CT molecular complexity index is 193. The summed E-state index contributed by atoms with van der Waals surface area (Å²) in [5, 5.41) is 0. The first-order valence-electron chi connectivity index (χ1n) is 6.90. The first-order valence-corrected chi connectivity index (χ1v) is 6.90. The van der Waals surface area contributed by atoms with Crippen LogP contribution in [-0.4, -0.2) is 12.6 Å². The highest BCUT2D eigenvalue weighted by Crippen LogP contribution is 2.28. The molecule has 1 fully saturated rings. The SMILES string of the molecule is CCCCCCOC(=O)C1CCC(C)CC1. The van der Waals surface area contributed by atoms with Gasteiger partial charge in [-0.25, -0.2) is 0 Å². The number of rotatable bonds is 6. The van der Waals surface area contributed by atoms with Crippen LogP contribution in [0, 0.1) is 11.8 Å². The highest BCUT2D eigenvalue weighted by molar-refractivity contribution is 5.72. The molecule has 94 valence electrons. The van der Waals surface area contributed by atoms with Gasteiger partial charge >= 0.3 is 5.97 Å². The molecule has 0 bridgehead atoms. The minimum Gasteiger partial charge on any atom is -0.465 e. The summed E-state index contributed by atoms with van der Waals surface area (Å²) < 4.78 is 5.32. The van der Waals surface area contributed by atoms with Crippen LogP contribution in [0.2, 0.25) is 0 Å². The van der Waals surface area contributed by atoms with Gasteiger partial charge in [-0.1, -0.05) is 33.1 Å². The van der Waals surface area contributed by atoms with Crippen molar-refractivity contribution in [1.29, 1.82) is 0 Å². The first kappa shape index (κ1) is 13.5. The second kappa shape index (κ2) is 7.70. The van der Waals surface area contributed by atoms with Gasteiger partial charge in [-0.3, -0.25) is 4.79 Å². The average Bonchev–Trinajstić information content (AvgIpc) is 2.29. The Hall–Kier alpha value is -0.530. The Morgan fingerprint density at radius 3 is 2.44 bits per heavy atom. The maximum absolute atomic E-state index is 11.7. The van der Waals surface area contributed by atoms with E-state index in [4.69, 9.17) is 4.74 Å². The third-order valence-corrected chi connectivity index (χ3v) is 3.59. The lowest BCUT2D eigenvalue weighted by atomic mass is 9.83. The third kappa shape index (κ3) is 5.00. The van der Waals surface area contributed by atoms with Gasteiger partial charge in [0.25, 0.3) is 0 Å². The largest absolute Gasteiger partial charge is 0.465 e. The fraction of sp³-hybridized carbons (Fsp3) is 0.929. The molecule has 0 aromatic rings. The molecule has 1 rings (SSSR count). The fourth-order valence-electron chi connectivity index (χ4n) is 2.32. The van der Waals surface area contributed by atoms with Crippen molar-refractivity contribution >= 4 is 5.97 Å². The molecule has 1 aliphatic rings. The predicted octanol–water partition coefficient (Wildman–Crippen LogP) is 3.94. The molecule has 1 aliphatic carbocycles. The molecule has 0 aliphatic heterocycles. The van der Waals surface area contributed by atoms with Crippen LogP contribution in [0.25, 0.3) is 0 Å². The summed E-state index contributed by atoms with van der Waals surface area (Å²) >= 11 is 0. The molecule has 16 heavy (non-hydrogen) atoms. The normalized spacial score (nSPS) is 25.4. The van der Waals surface area contributed by atoms with Crippen LogP contribution in [0.3, 0.4) is 0 Å². The van der Waals surface area contributed by atoms with Crippen LogP contribution in [0.5, 0.6) is 0 Å². The van der Waals surface area contributed by atoms with Gasteiger partial charge in [-0.15, -0.1) is 0 Å². The van der Waals surface area contributed by atoms with Gasteiger partial charge in [-0.2, -0.15) is 0 Å². The number of ether oxygens (including phenoxy) is 1. The summed E-state index contributed by atoms with van der Waals surface area (Å²) in [5.41, 5.74) is 0. The van der Waals surface area contributed by atoms with Crippen molar-refractivity contribution in [2.75, 3.05) is 6.61 Å². The lowest BCUT2D eigenvalue weighted by molar-refractivity contribution is -0.150. The van der Waals surface area contributed by atoms with Crippen LogP contribution in [-0.2, 0) is 9.53 Å². The standard InChI is InChI=1S/C14H26O2/c1-3-4-5-6-11-16-14(15)13-9-7-12(2)8-10-13/h12-13H,3-11H2,1-2H3. The molecule has 0 N–H and O–H groups in total. The first-order chi connectivity index (χ1) is 7.74. The summed E-state index contributed by atoms with van der Waals surface area (Å²) in [4.78, 5) is 11.7. The molecule has 2 nitrogen and oxygen atoms in total. The van der Waals surface area contributed by atoms with E-state index in [1.807, 2.05) is 0 Å². The molecule has 0 radical (unpaired) electrons. The lowest BCUT2D eigenvalue weighted by Gasteiger charge is -2.24. The lowest BCUT2D eigenvalue weighted by Crippen LogP contribution is -2.23. The van der Waals surface area contributed by atoms with Crippen LogP contribution < -0.4 is 0 Å². The van der Waals surface area contributed by atoms with E-state index in [1.54, 1.807) is 0 Å². The number of hydrogen-bond donors (Lipinski definition) is 0. The molecule has 0 aromatic carbocycles. The van der Waals surface area contributed by atoms with Crippen molar-refractivity contribution in [1.82, 2.24) is 0 Å². The van der Waals surface area contributed by atoms with Gasteiger partial charge in [0.2, 0.25) is 0 Å². The average molecular weight is 226 g/mol. The Morgan fingerprint density at radius 2 is 1.81 bits per heavy atom. The molecular weight excluding hydrogens is 200 g/mol. The molecule has 0 aromatic heterocycles. The predicted molar refractivity (Wildman–Crippen MR) is 66.2 cm³/mol. The third-order valence-electron chi connectivity index (χ3n) is 3.59. The summed E-state index contributed by atoms with van der Waals surface area (Å²) in [6, 6.07) is 0.